The largest absolute Gasteiger partial charge is 0.360 e. The van der Waals surface area contributed by atoms with Crippen molar-refractivity contribution in [2.75, 3.05) is 10.6 Å². The number of hydrogen-bond acceptors (Lipinski definition) is 5. The number of carbonyl (C=O) groups excluding carboxylic acids is 2. The second-order valence-electron chi connectivity index (χ2n) is 5.28. The summed E-state index contributed by atoms with van der Waals surface area (Å²) in [6.07, 6.45) is 1.26. The Bertz CT molecular complexity index is 988. The summed E-state index contributed by atoms with van der Waals surface area (Å²) >= 11 is 0. The van der Waals surface area contributed by atoms with E-state index in [-0.39, 0.29) is 22.8 Å². The van der Waals surface area contributed by atoms with Gasteiger partial charge in [-0.2, -0.15) is 0 Å². The molecule has 3 rings (SSSR count). The highest BCUT2D eigenvalue weighted by Gasteiger charge is 2.15. The average Bonchev–Trinajstić information content (AvgIpc) is 3.02. The Morgan fingerprint density at radius 1 is 1.04 bits per heavy atom. The molecule has 0 atom stereocenters. The number of hydrogen-bond donors (Lipinski definition) is 2. The van der Waals surface area contributed by atoms with Gasteiger partial charge in [0.15, 0.2) is 5.82 Å². The fourth-order valence-corrected chi connectivity index (χ4v) is 2.09. The zero-order chi connectivity index (χ0) is 18.7. The molecule has 0 radical (unpaired) electrons. The van der Waals surface area contributed by atoms with Gasteiger partial charge in [-0.25, -0.2) is 8.78 Å². The summed E-state index contributed by atoms with van der Waals surface area (Å²) in [6, 6.07) is 6.91. The van der Waals surface area contributed by atoms with E-state index in [0.29, 0.717) is 11.8 Å². The molecule has 0 aliphatic carbocycles. The van der Waals surface area contributed by atoms with E-state index in [1.165, 1.54) is 24.4 Å². The third-order valence-corrected chi connectivity index (χ3v) is 3.30. The van der Waals surface area contributed by atoms with Crippen molar-refractivity contribution in [3.8, 4) is 0 Å². The molecule has 3 aromatic rings. The Balaban J connectivity index is 1.75. The van der Waals surface area contributed by atoms with E-state index in [1.54, 1.807) is 6.92 Å². The Kier molecular flexibility index (Phi) is 4.70. The number of halogens is 2. The standard InChI is InChI=1S/C17H12F2N4O3/c1-9-6-15(23-26-9)22-16(24)10-4-5-20-14(7-10)17(25)21-13-3-2-11(18)8-12(13)19/h2-8H,1H3,(H,21,25)(H,22,23,24). The van der Waals surface area contributed by atoms with Crippen LogP contribution in [0, 0.1) is 18.6 Å². The lowest BCUT2D eigenvalue weighted by Crippen LogP contribution is -2.17. The molecule has 0 saturated carbocycles. The van der Waals surface area contributed by atoms with Gasteiger partial charge in [0.2, 0.25) is 0 Å². The van der Waals surface area contributed by atoms with Crippen molar-refractivity contribution in [1.82, 2.24) is 10.1 Å². The molecule has 2 N–H and O–H groups in total. The Morgan fingerprint density at radius 2 is 1.85 bits per heavy atom. The first-order valence-electron chi connectivity index (χ1n) is 7.39. The fraction of sp³-hybridized carbons (Fsp3) is 0.0588. The summed E-state index contributed by atoms with van der Waals surface area (Å²) in [6.45, 7) is 1.67. The number of aryl methyl sites for hydroxylation is 1. The van der Waals surface area contributed by atoms with Gasteiger partial charge in [0.1, 0.15) is 23.1 Å². The van der Waals surface area contributed by atoms with Crippen molar-refractivity contribution in [2.24, 2.45) is 0 Å². The van der Waals surface area contributed by atoms with Crippen LogP contribution < -0.4 is 10.6 Å². The summed E-state index contributed by atoms with van der Waals surface area (Å²) in [4.78, 5) is 28.2. The van der Waals surface area contributed by atoms with Crippen LogP contribution in [0.5, 0.6) is 0 Å². The number of pyridine rings is 1. The summed E-state index contributed by atoms with van der Waals surface area (Å²) < 4.78 is 31.4. The highest BCUT2D eigenvalue weighted by atomic mass is 19.1. The number of carbonyl (C=O) groups is 2. The molecule has 0 spiro atoms. The Hall–Kier alpha value is -3.62. The molecule has 0 fully saturated rings. The minimum absolute atomic E-state index is 0.113. The van der Waals surface area contributed by atoms with E-state index in [9.17, 15) is 18.4 Å². The molecule has 1 aromatic carbocycles. The summed E-state index contributed by atoms with van der Waals surface area (Å²) in [5.74, 6) is -2.21. The first-order valence-corrected chi connectivity index (χ1v) is 7.39. The zero-order valence-corrected chi connectivity index (χ0v) is 13.4. The van der Waals surface area contributed by atoms with Gasteiger partial charge >= 0.3 is 0 Å². The van der Waals surface area contributed by atoms with Crippen molar-refractivity contribution >= 4 is 23.3 Å². The number of anilines is 2. The highest BCUT2D eigenvalue weighted by Crippen LogP contribution is 2.16. The lowest BCUT2D eigenvalue weighted by molar-refractivity contribution is 0.102. The number of rotatable bonds is 4. The predicted octanol–water partition coefficient (Wildman–Crippen LogP) is 3.16. The predicted molar refractivity (Wildman–Crippen MR) is 87.7 cm³/mol. The molecule has 2 amide bonds. The third-order valence-electron chi connectivity index (χ3n) is 3.30. The van der Waals surface area contributed by atoms with Crippen LogP contribution in [0.2, 0.25) is 0 Å². The number of amides is 2. The van der Waals surface area contributed by atoms with Crippen molar-refractivity contribution < 1.29 is 22.9 Å². The second-order valence-corrected chi connectivity index (χ2v) is 5.28. The van der Waals surface area contributed by atoms with Gasteiger partial charge in [-0.15, -0.1) is 0 Å². The smallest absolute Gasteiger partial charge is 0.274 e. The maximum atomic E-state index is 13.6. The Labute approximate surface area is 146 Å². The van der Waals surface area contributed by atoms with Crippen LogP contribution in [-0.2, 0) is 0 Å². The maximum Gasteiger partial charge on any atom is 0.274 e. The first kappa shape index (κ1) is 17.2. The SMILES string of the molecule is Cc1cc(NC(=O)c2ccnc(C(=O)Nc3ccc(F)cc3F)c2)no1. The normalized spacial score (nSPS) is 10.4. The molecule has 132 valence electrons. The maximum absolute atomic E-state index is 13.6. The van der Waals surface area contributed by atoms with Gasteiger partial charge in [0.25, 0.3) is 11.8 Å². The average molecular weight is 358 g/mol. The molecule has 7 nitrogen and oxygen atoms in total. The molecule has 0 aliphatic heterocycles. The molecule has 0 unspecified atom stereocenters. The van der Waals surface area contributed by atoms with Gasteiger partial charge in [0.05, 0.1) is 5.69 Å². The van der Waals surface area contributed by atoms with Crippen molar-refractivity contribution in [3.63, 3.8) is 0 Å². The monoisotopic (exact) mass is 358 g/mol. The molecule has 0 bridgehead atoms. The number of benzene rings is 1. The highest BCUT2D eigenvalue weighted by molar-refractivity contribution is 6.07. The van der Waals surface area contributed by atoms with Crippen LogP contribution >= 0.6 is 0 Å². The fourth-order valence-electron chi connectivity index (χ4n) is 2.09. The number of aromatic nitrogens is 2. The summed E-state index contributed by atoms with van der Waals surface area (Å²) in [7, 11) is 0. The van der Waals surface area contributed by atoms with Gasteiger partial charge in [-0.05, 0) is 31.2 Å². The number of nitrogens with zero attached hydrogens (tertiary/aromatic N) is 2. The lowest BCUT2D eigenvalue weighted by atomic mass is 10.2. The van der Waals surface area contributed by atoms with Crippen molar-refractivity contribution in [3.05, 3.63) is 71.2 Å². The topological polar surface area (TPSA) is 97.1 Å². The van der Waals surface area contributed by atoms with E-state index in [2.05, 4.69) is 20.8 Å². The molecule has 2 heterocycles. The van der Waals surface area contributed by atoms with Crippen LogP contribution in [0.15, 0.2) is 47.1 Å². The van der Waals surface area contributed by atoms with Crippen LogP contribution in [0.25, 0.3) is 0 Å². The molecule has 26 heavy (non-hydrogen) atoms. The summed E-state index contributed by atoms with van der Waals surface area (Å²) in [5.41, 5.74) is -0.172. The van der Waals surface area contributed by atoms with E-state index >= 15 is 0 Å². The van der Waals surface area contributed by atoms with E-state index < -0.39 is 23.4 Å². The second kappa shape index (κ2) is 7.09. The Morgan fingerprint density at radius 3 is 2.54 bits per heavy atom. The van der Waals surface area contributed by atoms with E-state index in [1.807, 2.05) is 0 Å². The lowest BCUT2D eigenvalue weighted by Gasteiger charge is -2.07. The molecular formula is C17H12F2N4O3. The van der Waals surface area contributed by atoms with Crippen molar-refractivity contribution in [1.29, 1.82) is 0 Å². The number of nitrogens with one attached hydrogen (secondary N) is 2. The molecule has 9 heteroatoms. The van der Waals surface area contributed by atoms with Gasteiger partial charge in [-0.3, -0.25) is 14.6 Å². The molecular weight excluding hydrogens is 346 g/mol. The zero-order valence-electron chi connectivity index (χ0n) is 13.4. The van der Waals surface area contributed by atoms with Gasteiger partial charge in [0, 0.05) is 23.9 Å². The minimum Gasteiger partial charge on any atom is -0.360 e. The van der Waals surface area contributed by atoms with Crippen LogP contribution in [0.3, 0.4) is 0 Å². The first-order chi connectivity index (χ1) is 12.4. The summed E-state index contributed by atoms with van der Waals surface area (Å²) in [5, 5.41) is 8.41. The van der Waals surface area contributed by atoms with Crippen LogP contribution in [0.1, 0.15) is 26.6 Å². The van der Waals surface area contributed by atoms with Gasteiger partial charge in [-0.1, -0.05) is 5.16 Å². The van der Waals surface area contributed by atoms with Crippen LogP contribution in [-0.4, -0.2) is 22.0 Å². The molecule has 0 saturated heterocycles. The van der Waals surface area contributed by atoms with Crippen LogP contribution in [0.4, 0.5) is 20.3 Å². The molecule has 2 aromatic heterocycles. The van der Waals surface area contributed by atoms with E-state index in [0.717, 1.165) is 12.1 Å². The van der Waals surface area contributed by atoms with E-state index in [4.69, 9.17) is 4.52 Å². The van der Waals surface area contributed by atoms with Gasteiger partial charge < -0.3 is 15.2 Å². The quantitative estimate of drug-likeness (QED) is 0.747. The molecule has 0 aliphatic rings. The third kappa shape index (κ3) is 3.89. The minimum atomic E-state index is -0.923. The van der Waals surface area contributed by atoms with Crippen molar-refractivity contribution in [2.45, 2.75) is 6.92 Å².